The number of aromatic nitrogens is 2. The first-order chi connectivity index (χ1) is 8.81. The molecule has 0 aliphatic heterocycles. The molecular weight excluding hydrogens is 268 g/mol. The van der Waals surface area contributed by atoms with Gasteiger partial charge in [-0.25, -0.2) is 0 Å². The zero-order valence-corrected chi connectivity index (χ0v) is 11.1. The number of amidine groups is 1. The van der Waals surface area contributed by atoms with Gasteiger partial charge in [0.25, 0.3) is 0 Å². The van der Waals surface area contributed by atoms with E-state index in [1.165, 1.54) is 11.3 Å². The van der Waals surface area contributed by atoms with Crippen LogP contribution in [0.1, 0.15) is 11.5 Å². The lowest BCUT2D eigenvalue weighted by molar-refractivity contribution is 0.316. The Kier molecular flexibility index (Phi) is 4.54. The molecule has 18 heavy (non-hydrogen) atoms. The van der Waals surface area contributed by atoms with Gasteiger partial charge in [0.15, 0.2) is 4.34 Å². The van der Waals surface area contributed by atoms with Crippen LogP contribution in [0.25, 0.3) is 0 Å². The highest BCUT2D eigenvalue weighted by molar-refractivity contribution is 8.01. The number of oxime groups is 1. The van der Waals surface area contributed by atoms with Crippen LogP contribution in [0.4, 0.5) is 0 Å². The molecule has 1 unspecified atom stereocenters. The normalized spacial score (nSPS) is 13.4. The van der Waals surface area contributed by atoms with Crippen molar-refractivity contribution in [1.82, 2.24) is 10.2 Å². The van der Waals surface area contributed by atoms with Crippen LogP contribution in [0, 0.1) is 0 Å². The summed E-state index contributed by atoms with van der Waals surface area (Å²) in [6.45, 7) is 0. The lowest BCUT2D eigenvalue weighted by Crippen LogP contribution is -2.23. The van der Waals surface area contributed by atoms with Crippen LogP contribution >= 0.6 is 23.1 Å². The number of nitrogens with zero attached hydrogens (tertiary/aromatic N) is 3. The molecule has 2 aromatic rings. The van der Waals surface area contributed by atoms with E-state index in [9.17, 15) is 0 Å². The van der Waals surface area contributed by atoms with Crippen LogP contribution < -0.4 is 5.73 Å². The quantitative estimate of drug-likeness (QED) is 0.288. The maximum absolute atomic E-state index is 8.85. The molecule has 1 aromatic heterocycles. The molecule has 0 radical (unpaired) electrons. The Hall–Kier alpha value is -1.60. The SMILES string of the molecule is NC(=NO)C(CSc1nncs1)c1ccccc1. The fourth-order valence-electron chi connectivity index (χ4n) is 1.49. The molecule has 0 amide bonds. The number of hydrogen-bond acceptors (Lipinski definition) is 6. The molecule has 7 heteroatoms. The van der Waals surface area contributed by atoms with Gasteiger partial charge in [-0.05, 0) is 5.56 Å². The Morgan fingerprint density at radius 1 is 1.44 bits per heavy atom. The van der Waals surface area contributed by atoms with Crippen molar-refractivity contribution in [3.63, 3.8) is 0 Å². The fourth-order valence-corrected chi connectivity index (χ4v) is 3.15. The Labute approximate surface area is 113 Å². The summed E-state index contributed by atoms with van der Waals surface area (Å²) in [5.41, 5.74) is 8.44. The molecule has 5 nitrogen and oxygen atoms in total. The topological polar surface area (TPSA) is 84.4 Å². The van der Waals surface area contributed by atoms with E-state index in [1.807, 2.05) is 30.3 Å². The van der Waals surface area contributed by atoms with Gasteiger partial charge < -0.3 is 10.9 Å². The van der Waals surface area contributed by atoms with E-state index >= 15 is 0 Å². The van der Waals surface area contributed by atoms with Gasteiger partial charge in [0.1, 0.15) is 11.3 Å². The highest BCUT2D eigenvalue weighted by atomic mass is 32.2. The first-order valence-corrected chi connectivity index (χ1v) is 7.09. The third-order valence-corrected chi connectivity index (χ3v) is 4.34. The molecule has 3 N–H and O–H groups in total. The Balaban J connectivity index is 2.11. The number of benzene rings is 1. The lowest BCUT2D eigenvalue weighted by atomic mass is 10.0. The zero-order valence-electron chi connectivity index (χ0n) is 9.43. The van der Waals surface area contributed by atoms with Crippen molar-refractivity contribution in [3.8, 4) is 0 Å². The average Bonchev–Trinajstić information content (AvgIpc) is 2.93. The third-order valence-electron chi connectivity index (χ3n) is 2.39. The van der Waals surface area contributed by atoms with E-state index in [2.05, 4.69) is 15.4 Å². The van der Waals surface area contributed by atoms with Crippen molar-refractivity contribution in [1.29, 1.82) is 0 Å². The summed E-state index contributed by atoms with van der Waals surface area (Å²) >= 11 is 3.02. The molecule has 2 rings (SSSR count). The summed E-state index contributed by atoms with van der Waals surface area (Å²) in [5, 5.41) is 19.7. The van der Waals surface area contributed by atoms with Crippen LogP contribution in [-0.2, 0) is 0 Å². The van der Waals surface area contributed by atoms with E-state index in [-0.39, 0.29) is 11.8 Å². The van der Waals surface area contributed by atoms with Gasteiger partial charge >= 0.3 is 0 Å². The molecule has 1 aromatic carbocycles. The fraction of sp³-hybridized carbons (Fsp3) is 0.182. The van der Waals surface area contributed by atoms with Crippen LogP contribution in [0.2, 0.25) is 0 Å². The van der Waals surface area contributed by atoms with Crippen molar-refractivity contribution < 1.29 is 5.21 Å². The van der Waals surface area contributed by atoms with Gasteiger partial charge in [0, 0.05) is 5.75 Å². The summed E-state index contributed by atoms with van der Waals surface area (Å²) in [6, 6.07) is 9.72. The Bertz CT molecular complexity index is 501. The maximum atomic E-state index is 8.85. The molecule has 0 aliphatic carbocycles. The van der Waals surface area contributed by atoms with E-state index in [0.717, 1.165) is 9.90 Å². The standard InChI is InChI=1S/C11H12N4OS2/c12-10(15-16)9(8-4-2-1-3-5-8)6-17-11-14-13-7-18-11/h1-5,7,9,16H,6H2,(H2,12,15). The highest BCUT2D eigenvalue weighted by Gasteiger charge is 2.17. The minimum atomic E-state index is -0.134. The lowest BCUT2D eigenvalue weighted by Gasteiger charge is -2.14. The Morgan fingerprint density at radius 2 is 2.22 bits per heavy atom. The smallest absolute Gasteiger partial charge is 0.174 e. The second kappa shape index (κ2) is 6.36. The van der Waals surface area contributed by atoms with Gasteiger partial charge in [-0.2, -0.15) is 0 Å². The molecule has 1 atom stereocenters. The molecule has 0 bridgehead atoms. The van der Waals surface area contributed by atoms with Crippen LogP contribution in [0.5, 0.6) is 0 Å². The van der Waals surface area contributed by atoms with Crippen molar-refractivity contribution >= 4 is 28.9 Å². The third kappa shape index (κ3) is 3.21. The number of rotatable bonds is 5. The second-order valence-corrected chi connectivity index (χ2v) is 5.60. The minimum absolute atomic E-state index is 0.134. The summed E-state index contributed by atoms with van der Waals surface area (Å²) in [6.07, 6.45) is 0. The van der Waals surface area contributed by atoms with Gasteiger partial charge in [0.2, 0.25) is 0 Å². The monoisotopic (exact) mass is 280 g/mol. The van der Waals surface area contributed by atoms with E-state index in [1.54, 1.807) is 17.3 Å². The van der Waals surface area contributed by atoms with Gasteiger partial charge in [-0.1, -0.05) is 58.6 Å². The summed E-state index contributed by atoms with van der Waals surface area (Å²) < 4.78 is 0.877. The minimum Gasteiger partial charge on any atom is -0.409 e. The molecule has 0 saturated heterocycles. The number of nitrogens with two attached hydrogens (primary N) is 1. The van der Waals surface area contributed by atoms with Crippen molar-refractivity contribution in [3.05, 3.63) is 41.4 Å². The summed E-state index contributed by atoms with van der Waals surface area (Å²) in [5.74, 6) is 0.734. The number of thioether (sulfide) groups is 1. The van der Waals surface area contributed by atoms with Gasteiger partial charge in [-0.15, -0.1) is 10.2 Å². The van der Waals surface area contributed by atoms with Crippen LogP contribution in [0.15, 0.2) is 45.3 Å². The zero-order chi connectivity index (χ0) is 12.8. The first-order valence-electron chi connectivity index (χ1n) is 5.22. The molecule has 0 fully saturated rings. The van der Waals surface area contributed by atoms with E-state index in [0.29, 0.717) is 5.75 Å². The average molecular weight is 280 g/mol. The predicted molar refractivity (Wildman–Crippen MR) is 73.2 cm³/mol. The van der Waals surface area contributed by atoms with Gasteiger partial charge in [-0.3, -0.25) is 0 Å². The highest BCUT2D eigenvalue weighted by Crippen LogP contribution is 2.27. The predicted octanol–water partition coefficient (Wildman–Crippen LogP) is 2.16. The van der Waals surface area contributed by atoms with Crippen molar-refractivity contribution in [2.45, 2.75) is 10.3 Å². The maximum Gasteiger partial charge on any atom is 0.174 e. The van der Waals surface area contributed by atoms with Gasteiger partial charge in [0.05, 0.1) is 5.92 Å². The molecule has 1 heterocycles. The Morgan fingerprint density at radius 3 is 2.83 bits per heavy atom. The van der Waals surface area contributed by atoms with E-state index < -0.39 is 0 Å². The molecule has 0 saturated carbocycles. The van der Waals surface area contributed by atoms with Crippen molar-refractivity contribution in [2.24, 2.45) is 10.9 Å². The van der Waals surface area contributed by atoms with Crippen LogP contribution in [0.3, 0.4) is 0 Å². The molecule has 0 aliphatic rings. The van der Waals surface area contributed by atoms with E-state index in [4.69, 9.17) is 10.9 Å². The largest absolute Gasteiger partial charge is 0.409 e. The summed E-state index contributed by atoms with van der Waals surface area (Å²) in [4.78, 5) is 0. The first kappa shape index (κ1) is 12.8. The van der Waals surface area contributed by atoms with Crippen LogP contribution in [-0.4, -0.2) is 27.0 Å². The second-order valence-electron chi connectivity index (χ2n) is 3.50. The van der Waals surface area contributed by atoms with Crippen molar-refractivity contribution in [2.75, 3.05) is 5.75 Å². The molecular formula is C11H12N4OS2. The number of hydrogen-bond donors (Lipinski definition) is 2. The summed E-state index contributed by atoms with van der Waals surface area (Å²) in [7, 11) is 0. The molecule has 94 valence electrons. The molecule has 0 spiro atoms.